The van der Waals surface area contributed by atoms with Gasteiger partial charge in [0.1, 0.15) is 0 Å². The van der Waals surface area contributed by atoms with Crippen molar-refractivity contribution in [2.24, 2.45) is 5.92 Å². The maximum Gasteiger partial charge on any atom is 0.321 e. The Labute approximate surface area is 133 Å². The molecular formula is C17H27N3O2. The first-order chi connectivity index (χ1) is 10.3. The minimum atomic E-state index is -0.432. The summed E-state index contributed by atoms with van der Waals surface area (Å²) in [7, 11) is 1.87. The van der Waals surface area contributed by atoms with Gasteiger partial charge in [-0.15, -0.1) is 0 Å². The third-order valence-corrected chi connectivity index (χ3v) is 3.28. The molecule has 1 rings (SSSR count). The van der Waals surface area contributed by atoms with Gasteiger partial charge in [-0.1, -0.05) is 37.6 Å². The largest absolute Gasteiger partial charge is 0.338 e. The van der Waals surface area contributed by atoms with Gasteiger partial charge in [0.15, 0.2) is 0 Å². The Morgan fingerprint density at radius 3 is 2.50 bits per heavy atom. The zero-order valence-electron chi connectivity index (χ0n) is 14.2. The van der Waals surface area contributed by atoms with E-state index >= 15 is 0 Å². The molecule has 1 aromatic carbocycles. The molecule has 0 unspecified atom stereocenters. The Hall–Kier alpha value is -1.88. The number of carbonyl (C=O) groups is 2. The van der Waals surface area contributed by atoms with Gasteiger partial charge in [0, 0.05) is 13.1 Å². The van der Waals surface area contributed by atoms with E-state index in [0.717, 1.165) is 0 Å². The van der Waals surface area contributed by atoms with Crippen LogP contribution in [0, 0.1) is 19.8 Å². The fraction of sp³-hybridized carbons (Fsp3) is 0.529. The summed E-state index contributed by atoms with van der Waals surface area (Å²) in [6.45, 7) is 9.53. The highest BCUT2D eigenvalue weighted by Gasteiger charge is 2.11. The van der Waals surface area contributed by atoms with Crippen LogP contribution in [-0.4, -0.2) is 37.0 Å². The minimum absolute atomic E-state index is 0.183. The molecule has 0 aliphatic heterocycles. The predicted octanol–water partition coefficient (Wildman–Crippen LogP) is 2.22. The number of aryl methyl sites for hydroxylation is 2. The number of carbonyl (C=O) groups excluding carboxylic acids is 2. The van der Waals surface area contributed by atoms with Crippen molar-refractivity contribution in [3.63, 3.8) is 0 Å². The van der Waals surface area contributed by atoms with Crippen molar-refractivity contribution < 1.29 is 9.59 Å². The van der Waals surface area contributed by atoms with Crippen LogP contribution in [0.3, 0.4) is 0 Å². The van der Waals surface area contributed by atoms with Crippen molar-refractivity contribution in [2.75, 3.05) is 20.1 Å². The summed E-state index contributed by atoms with van der Waals surface area (Å²) < 4.78 is 0. The molecule has 0 fully saturated rings. The van der Waals surface area contributed by atoms with Gasteiger partial charge in [-0.2, -0.15) is 0 Å². The number of imide groups is 1. The van der Waals surface area contributed by atoms with Gasteiger partial charge < -0.3 is 5.32 Å². The number of benzene rings is 1. The van der Waals surface area contributed by atoms with Crippen LogP contribution in [0.25, 0.3) is 0 Å². The average molecular weight is 305 g/mol. The highest BCUT2D eigenvalue weighted by molar-refractivity contribution is 5.95. The van der Waals surface area contributed by atoms with E-state index in [0.29, 0.717) is 19.0 Å². The summed E-state index contributed by atoms with van der Waals surface area (Å²) in [5.41, 5.74) is 3.62. The fourth-order valence-corrected chi connectivity index (χ4v) is 2.12. The zero-order chi connectivity index (χ0) is 16.7. The molecule has 0 radical (unpaired) electrons. The van der Waals surface area contributed by atoms with Crippen LogP contribution in [0.15, 0.2) is 18.2 Å². The number of amides is 3. The number of nitrogens with one attached hydrogen (secondary N) is 2. The Morgan fingerprint density at radius 2 is 1.91 bits per heavy atom. The summed E-state index contributed by atoms with van der Waals surface area (Å²) in [6.07, 6.45) is 0. The van der Waals surface area contributed by atoms with Crippen LogP contribution >= 0.6 is 0 Å². The molecule has 122 valence electrons. The van der Waals surface area contributed by atoms with Crippen molar-refractivity contribution >= 4 is 11.9 Å². The first-order valence-corrected chi connectivity index (χ1v) is 7.60. The topological polar surface area (TPSA) is 61.4 Å². The van der Waals surface area contributed by atoms with Crippen LogP contribution < -0.4 is 10.6 Å². The van der Waals surface area contributed by atoms with E-state index in [-0.39, 0.29) is 12.5 Å². The number of hydrogen-bond acceptors (Lipinski definition) is 3. The van der Waals surface area contributed by atoms with Crippen LogP contribution in [0.4, 0.5) is 4.79 Å². The molecule has 0 heterocycles. The Bertz CT molecular complexity index is 527. The lowest BCUT2D eigenvalue weighted by molar-refractivity contribution is -0.120. The van der Waals surface area contributed by atoms with E-state index in [1.54, 1.807) is 0 Å². The number of rotatable bonds is 6. The van der Waals surface area contributed by atoms with Crippen LogP contribution in [-0.2, 0) is 11.3 Å². The Balaban J connectivity index is 2.42. The van der Waals surface area contributed by atoms with E-state index in [4.69, 9.17) is 0 Å². The van der Waals surface area contributed by atoms with Gasteiger partial charge in [0.2, 0.25) is 5.91 Å². The Morgan fingerprint density at radius 1 is 1.23 bits per heavy atom. The summed E-state index contributed by atoms with van der Waals surface area (Å²) in [5.74, 6) is 0.0570. The van der Waals surface area contributed by atoms with E-state index in [1.165, 1.54) is 16.7 Å². The molecule has 3 amide bonds. The number of likely N-dealkylation sites (N-methyl/N-ethyl adjacent to an activating group) is 1. The molecule has 0 spiro atoms. The summed E-state index contributed by atoms with van der Waals surface area (Å²) in [6, 6.07) is 5.84. The van der Waals surface area contributed by atoms with Gasteiger partial charge in [-0.25, -0.2) is 4.79 Å². The quantitative estimate of drug-likeness (QED) is 0.847. The number of hydrogen-bond donors (Lipinski definition) is 2. The molecule has 0 aliphatic rings. The Kier molecular flexibility index (Phi) is 7.05. The molecular weight excluding hydrogens is 278 g/mol. The van der Waals surface area contributed by atoms with Gasteiger partial charge in [-0.05, 0) is 37.9 Å². The fourth-order valence-electron chi connectivity index (χ4n) is 2.12. The van der Waals surface area contributed by atoms with Gasteiger partial charge in [0.25, 0.3) is 0 Å². The number of urea groups is 1. The van der Waals surface area contributed by atoms with Gasteiger partial charge >= 0.3 is 6.03 Å². The second-order valence-corrected chi connectivity index (χ2v) is 6.25. The van der Waals surface area contributed by atoms with Crippen molar-refractivity contribution in [3.05, 3.63) is 34.9 Å². The summed E-state index contributed by atoms with van der Waals surface area (Å²) in [4.78, 5) is 25.2. The first kappa shape index (κ1) is 18.2. The molecule has 1 aromatic rings. The standard InChI is InChI=1S/C17H27N3O2/c1-12(2)9-18-17(22)19-16(21)11-20(5)10-15-7-6-13(3)8-14(15)4/h6-8,12H,9-11H2,1-5H3,(H2,18,19,21,22). The first-order valence-electron chi connectivity index (χ1n) is 7.60. The molecule has 0 saturated heterocycles. The average Bonchev–Trinajstić information content (AvgIpc) is 2.39. The highest BCUT2D eigenvalue weighted by Crippen LogP contribution is 2.12. The molecule has 5 heteroatoms. The van der Waals surface area contributed by atoms with E-state index in [9.17, 15) is 9.59 Å². The second-order valence-electron chi connectivity index (χ2n) is 6.25. The van der Waals surface area contributed by atoms with E-state index in [1.807, 2.05) is 25.8 Å². The lowest BCUT2D eigenvalue weighted by atomic mass is 10.1. The van der Waals surface area contributed by atoms with Crippen LogP contribution in [0.1, 0.15) is 30.5 Å². The SMILES string of the molecule is Cc1ccc(CN(C)CC(=O)NC(=O)NCC(C)C)c(C)c1. The second kappa shape index (κ2) is 8.54. The molecule has 22 heavy (non-hydrogen) atoms. The minimum Gasteiger partial charge on any atom is -0.338 e. The van der Waals surface area contributed by atoms with E-state index in [2.05, 4.69) is 42.7 Å². The predicted molar refractivity (Wildman–Crippen MR) is 88.6 cm³/mol. The smallest absolute Gasteiger partial charge is 0.321 e. The third-order valence-electron chi connectivity index (χ3n) is 3.28. The van der Waals surface area contributed by atoms with Crippen LogP contribution in [0.2, 0.25) is 0 Å². The molecule has 0 aliphatic carbocycles. The van der Waals surface area contributed by atoms with Crippen molar-refractivity contribution in [1.29, 1.82) is 0 Å². The lowest BCUT2D eigenvalue weighted by Gasteiger charge is -2.18. The van der Waals surface area contributed by atoms with Crippen LogP contribution in [0.5, 0.6) is 0 Å². The number of nitrogens with zero attached hydrogens (tertiary/aromatic N) is 1. The molecule has 0 bridgehead atoms. The molecule has 5 nitrogen and oxygen atoms in total. The highest BCUT2D eigenvalue weighted by atomic mass is 16.2. The normalized spacial score (nSPS) is 10.9. The van der Waals surface area contributed by atoms with Gasteiger partial charge in [0.05, 0.1) is 6.54 Å². The molecule has 0 saturated carbocycles. The monoisotopic (exact) mass is 305 g/mol. The van der Waals surface area contributed by atoms with Crippen molar-refractivity contribution in [1.82, 2.24) is 15.5 Å². The maximum atomic E-state index is 11.8. The molecule has 2 N–H and O–H groups in total. The van der Waals surface area contributed by atoms with Crippen molar-refractivity contribution in [3.8, 4) is 0 Å². The van der Waals surface area contributed by atoms with E-state index < -0.39 is 6.03 Å². The summed E-state index contributed by atoms with van der Waals surface area (Å²) >= 11 is 0. The lowest BCUT2D eigenvalue weighted by Crippen LogP contribution is -2.44. The molecule has 0 atom stereocenters. The third kappa shape index (κ3) is 6.72. The van der Waals surface area contributed by atoms with Crippen molar-refractivity contribution in [2.45, 2.75) is 34.2 Å². The molecule has 0 aromatic heterocycles. The maximum absolute atomic E-state index is 11.8. The zero-order valence-corrected chi connectivity index (χ0v) is 14.2. The summed E-state index contributed by atoms with van der Waals surface area (Å²) in [5, 5.41) is 5.01. The van der Waals surface area contributed by atoms with Gasteiger partial charge in [-0.3, -0.25) is 15.0 Å².